The van der Waals surface area contributed by atoms with Crippen LogP contribution in [0.4, 0.5) is 11.4 Å². The van der Waals surface area contributed by atoms with Crippen molar-refractivity contribution in [3.8, 4) is 11.5 Å². The van der Waals surface area contributed by atoms with Crippen LogP contribution in [0.2, 0.25) is 5.02 Å². The molecule has 0 spiro atoms. The van der Waals surface area contributed by atoms with E-state index < -0.39 is 0 Å². The highest BCUT2D eigenvalue weighted by molar-refractivity contribution is 6.30. The molecule has 35 heavy (non-hydrogen) atoms. The Hall–Kier alpha value is -3.90. The van der Waals surface area contributed by atoms with Gasteiger partial charge < -0.3 is 10.1 Å². The monoisotopic (exact) mass is 486 g/mol. The third-order valence-electron chi connectivity index (χ3n) is 6.37. The molecular formula is C28H23ClN2O4. The molecule has 1 aliphatic carbocycles. The third kappa shape index (κ3) is 4.70. The van der Waals surface area contributed by atoms with Crippen molar-refractivity contribution in [1.82, 2.24) is 0 Å². The van der Waals surface area contributed by atoms with E-state index in [1.54, 1.807) is 72.8 Å². The van der Waals surface area contributed by atoms with Gasteiger partial charge in [-0.15, -0.1) is 0 Å². The third-order valence-corrected chi connectivity index (χ3v) is 6.62. The van der Waals surface area contributed by atoms with E-state index in [1.807, 2.05) is 13.0 Å². The summed E-state index contributed by atoms with van der Waals surface area (Å²) in [6.45, 7) is 1.99. The van der Waals surface area contributed by atoms with E-state index in [0.717, 1.165) is 5.57 Å². The number of carbonyl (C=O) groups excluding carboxylic acids is 3. The fraction of sp³-hybridized carbons (Fsp3) is 0.179. The van der Waals surface area contributed by atoms with Gasteiger partial charge in [0.15, 0.2) is 0 Å². The predicted molar refractivity (Wildman–Crippen MR) is 135 cm³/mol. The molecule has 0 radical (unpaired) electrons. The number of hydrogen-bond acceptors (Lipinski definition) is 4. The molecule has 3 aromatic rings. The topological polar surface area (TPSA) is 75.7 Å². The van der Waals surface area contributed by atoms with Crippen LogP contribution < -0.4 is 15.0 Å². The maximum atomic E-state index is 12.9. The number of hydrogen-bond donors (Lipinski definition) is 1. The molecule has 1 aliphatic heterocycles. The number of anilines is 2. The van der Waals surface area contributed by atoms with E-state index in [9.17, 15) is 14.4 Å². The van der Waals surface area contributed by atoms with Crippen molar-refractivity contribution in [1.29, 1.82) is 0 Å². The number of benzene rings is 3. The normalized spacial score (nSPS) is 19.3. The van der Waals surface area contributed by atoms with E-state index >= 15 is 0 Å². The van der Waals surface area contributed by atoms with Crippen molar-refractivity contribution in [2.75, 3.05) is 10.2 Å². The van der Waals surface area contributed by atoms with Crippen molar-refractivity contribution in [2.45, 2.75) is 19.8 Å². The fourth-order valence-corrected chi connectivity index (χ4v) is 4.63. The van der Waals surface area contributed by atoms with Crippen LogP contribution in [0.1, 0.15) is 30.1 Å². The Bertz CT molecular complexity index is 1310. The van der Waals surface area contributed by atoms with Gasteiger partial charge in [0.25, 0.3) is 5.91 Å². The number of amides is 3. The van der Waals surface area contributed by atoms with Gasteiger partial charge >= 0.3 is 0 Å². The first-order chi connectivity index (χ1) is 16.9. The molecule has 6 nitrogen and oxygen atoms in total. The maximum Gasteiger partial charge on any atom is 0.255 e. The SMILES string of the molecule is CC1=CC[C@@H]2C(=O)N(c3ccc(C(=O)Nc4ccc(Oc5ccc(Cl)cc5)cc4)cc3)C(=O)[C@H]2C1. The molecule has 0 bridgehead atoms. The number of imide groups is 1. The van der Waals surface area contributed by atoms with Crippen molar-refractivity contribution < 1.29 is 19.1 Å². The summed E-state index contributed by atoms with van der Waals surface area (Å²) in [5, 5.41) is 3.47. The van der Waals surface area contributed by atoms with Gasteiger partial charge in [-0.3, -0.25) is 19.3 Å². The number of rotatable bonds is 5. The van der Waals surface area contributed by atoms with Crippen LogP contribution in [0.3, 0.4) is 0 Å². The largest absolute Gasteiger partial charge is 0.457 e. The Morgan fingerprint density at radius 1 is 0.886 bits per heavy atom. The number of fused-ring (bicyclic) bond motifs is 1. The standard InChI is InChI=1S/C28H23ClN2O4/c1-17-2-15-24-25(16-17)28(34)31(27(24)33)21-9-3-18(4-10-21)26(32)30-20-7-13-23(14-8-20)35-22-11-5-19(29)6-12-22/h2-14,24-25H,15-16H2,1H3,(H,30,32)/t24-,25-/m0/s1. The smallest absolute Gasteiger partial charge is 0.255 e. The number of nitrogens with one attached hydrogen (secondary N) is 1. The zero-order valence-electron chi connectivity index (χ0n) is 19.0. The zero-order chi connectivity index (χ0) is 24.5. The fourth-order valence-electron chi connectivity index (χ4n) is 4.50. The van der Waals surface area contributed by atoms with E-state index in [1.165, 1.54) is 4.90 Å². The summed E-state index contributed by atoms with van der Waals surface area (Å²) in [6, 6.07) is 20.6. The number of allylic oxidation sites excluding steroid dienone is 2. The summed E-state index contributed by atoms with van der Waals surface area (Å²) >= 11 is 5.89. The van der Waals surface area contributed by atoms with Gasteiger partial charge in [-0.2, -0.15) is 0 Å². The van der Waals surface area contributed by atoms with Crippen LogP contribution in [0.5, 0.6) is 11.5 Å². The molecule has 0 aromatic heterocycles. The lowest BCUT2D eigenvalue weighted by Crippen LogP contribution is -2.30. The van der Waals surface area contributed by atoms with Crippen LogP contribution in [-0.4, -0.2) is 17.7 Å². The second-order valence-electron chi connectivity index (χ2n) is 8.80. The second-order valence-corrected chi connectivity index (χ2v) is 9.23. The van der Waals surface area contributed by atoms with Crippen molar-refractivity contribution in [3.05, 3.63) is 95.0 Å². The van der Waals surface area contributed by atoms with Crippen LogP contribution in [-0.2, 0) is 9.59 Å². The lowest BCUT2D eigenvalue weighted by atomic mass is 9.82. The first-order valence-corrected chi connectivity index (χ1v) is 11.8. The quantitative estimate of drug-likeness (QED) is 0.342. The molecule has 3 aromatic carbocycles. The van der Waals surface area contributed by atoms with Crippen molar-refractivity contribution >= 4 is 40.7 Å². The van der Waals surface area contributed by atoms with Gasteiger partial charge in [0, 0.05) is 16.3 Å². The molecule has 2 aliphatic rings. The Morgan fingerprint density at radius 2 is 1.49 bits per heavy atom. The summed E-state index contributed by atoms with van der Waals surface area (Å²) in [4.78, 5) is 39.7. The molecule has 0 unspecified atom stereocenters. The van der Waals surface area contributed by atoms with E-state index in [-0.39, 0.29) is 29.6 Å². The Kier molecular flexibility index (Phi) is 6.14. The molecule has 5 rings (SSSR count). The average Bonchev–Trinajstić information content (AvgIpc) is 3.11. The zero-order valence-corrected chi connectivity index (χ0v) is 19.8. The lowest BCUT2D eigenvalue weighted by Gasteiger charge is -2.18. The maximum absolute atomic E-state index is 12.9. The molecule has 1 fully saturated rings. The first kappa shape index (κ1) is 22.9. The minimum absolute atomic E-state index is 0.162. The molecule has 7 heteroatoms. The summed E-state index contributed by atoms with van der Waals surface area (Å²) in [6.07, 6.45) is 3.26. The number of ether oxygens (including phenoxy) is 1. The molecule has 3 amide bonds. The first-order valence-electron chi connectivity index (χ1n) is 11.4. The highest BCUT2D eigenvalue weighted by atomic mass is 35.5. The van der Waals surface area contributed by atoms with Crippen molar-refractivity contribution in [3.63, 3.8) is 0 Å². The average molecular weight is 487 g/mol. The molecule has 2 atom stereocenters. The predicted octanol–water partition coefficient (Wildman–Crippen LogP) is 6.23. The molecular weight excluding hydrogens is 464 g/mol. The Balaban J connectivity index is 1.23. The van der Waals surface area contributed by atoms with Crippen LogP contribution in [0.15, 0.2) is 84.4 Å². The van der Waals surface area contributed by atoms with E-state index in [4.69, 9.17) is 16.3 Å². The molecule has 0 saturated carbocycles. The van der Waals surface area contributed by atoms with Gasteiger partial charge in [0.2, 0.25) is 11.8 Å². The number of nitrogens with zero attached hydrogens (tertiary/aromatic N) is 1. The van der Waals surface area contributed by atoms with Gasteiger partial charge in [-0.1, -0.05) is 23.3 Å². The van der Waals surface area contributed by atoms with Crippen LogP contribution in [0.25, 0.3) is 0 Å². The minimum atomic E-state index is -0.296. The summed E-state index contributed by atoms with van der Waals surface area (Å²) in [7, 11) is 0. The van der Waals surface area contributed by atoms with E-state index in [0.29, 0.717) is 46.3 Å². The molecule has 1 heterocycles. The summed E-state index contributed by atoms with van der Waals surface area (Å²) < 4.78 is 5.76. The molecule has 1 saturated heterocycles. The van der Waals surface area contributed by atoms with Crippen LogP contribution in [0, 0.1) is 11.8 Å². The summed E-state index contributed by atoms with van der Waals surface area (Å²) in [5.41, 5.74) is 2.67. The van der Waals surface area contributed by atoms with Gasteiger partial charge in [-0.05, 0) is 92.6 Å². The number of halogens is 1. The lowest BCUT2D eigenvalue weighted by molar-refractivity contribution is -0.122. The number of carbonyl (C=O) groups is 3. The highest BCUT2D eigenvalue weighted by Crippen LogP contribution is 2.39. The van der Waals surface area contributed by atoms with Gasteiger partial charge in [-0.25, -0.2) is 0 Å². The molecule has 176 valence electrons. The molecule has 1 N–H and O–H groups in total. The summed E-state index contributed by atoms with van der Waals surface area (Å²) in [5.74, 6) is 0.0818. The Morgan fingerprint density at radius 3 is 2.14 bits per heavy atom. The minimum Gasteiger partial charge on any atom is -0.457 e. The highest BCUT2D eigenvalue weighted by Gasteiger charge is 2.48. The van der Waals surface area contributed by atoms with Gasteiger partial charge in [0.1, 0.15) is 11.5 Å². The van der Waals surface area contributed by atoms with Crippen molar-refractivity contribution in [2.24, 2.45) is 11.8 Å². The van der Waals surface area contributed by atoms with Crippen LogP contribution >= 0.6 is 11.6 Å². The van der Waals surface area contributed by atoms with E-state index in [2.05, 4.69) is 5.32 Å². The van der Waals surface area contributed by atoms with Gasteiger partial charge in [0.05, 0.1) is 17.5 Å². The second kappa shape index (κ2) is 9.39. The Labute approximate surface area is 208 Å².